The Hall–Kier alpha value is -0.650. The van der Waals surface area contributed by atoms with Gasteiger partial charge in [0, 0.05) is 44.2 Å². The van der Waals surface area contributed by atoms with E-state index in [1.165, 1.54) is 0 Å². The fourth-order valence-corrected chi connectivity index (χ4v) is 2.93. The van der Waals surface area contributed by atoms with Crippen molar-refractivity contribution in [2.45, 2.75) is 39.3 Å². The minimum atomic E-state index is 0.0507. The molecule has 19 heavy (non-hydrogen) atoms. The van der Waals surface area contributed by atoms with Gasteiger partial charge in [0.05, 0.1) is 12.6 Å². The van der Waals surface area contributed by atoms with E-state index >= 15 is 0 Å². The smallest absolute Gasteiger partial charge is 0.234 e. The van der Waals surface area contributed by atoms with Crippen LogP contribution >= 0.6 is 0 Å². The van der Waals surface area contributed by atoms with Crippen LogP contribution in [0.15, 0.2) is 0 Å². The van der Waals surface area contributed by atoms with E-state index in [1.54, 1.807) is 0 Å². The molecule has 0 spiro atoms. The first-order valence-corrected chi connectivity index (χ1v) is 7.38. The molecule has 0 radical (unpaired) electrons. The average molecular weight is 269 g/mol. The number of ether oxygens (including phenoxy) is 1. The van der Waals surface area contributed by atoms with Gasteiger partial charge in [0.2, 0.25) is 5.91 Å². The summed E-state index contributed by atoms with van der Waals surface area (Å²) >= 11 is 0. The highest BCUT2D eigenvalue weighted by Gasteiger charge is 2.49. The summed E-state index contributed by atoms with van der Waals surface area (Å²) in [7, 11) is 0. The molecule has 1 heterocycles. The van der Waals surface area contributed by atoms with E-state index in [2.05, 4.69) is 29.4 Å². The van der Waals surface area contributed by atoms with E-state index in [0.29, 0.717) is 6.54 Å². The van der Waals surface area contributed by atoms with Crippen molar-refractivity contribution in [1.29, 1.82) is 0 Å². The van der Waals surface area contributed by atoms with Crippen molar-refractivity contribution in [3.8, 4) is 0 Å². The Bertz CT molecular complexity index is 314. The molecule has 0 aromatic rings. The Kier molecular flexibility index (Phi) is 4.81. The van der Waals surface area contributed by atoms with Gasteiger partial charge in [-0.1, -0.05) is 13.8 Å². The molecule has 2 rings (SSSR count). The van der Waals surface area contributed by atoms with Gasteiger partial charge in [-0.3, -0.25) is 9.69 Å². The maximum atomic E-state index is 12.1. The van der Waals surface area contributed by atoms with Crippen molar-refractivity contribution in [2.75, 3.05) is 39.3 Å². The monoisotopic (exact) mass is 269 g/mol. The molecule has 110 valence electrons. The summed E-state index contributed by atoms with van der Waals surface area (Å²) in [6, 6.07) is 0.250. The van der Waals surface area contributed by atoms with Gasteiger partial charge in [-0.25, -0.2) is 0 Å². The lowest BCUT2D eigenvalue weighted by atomic mass is 9.64. The van der Waals surface area contributed by atoms with Crippen LogP contribution in [0.3, 0.4) is 0 Å². The predicted molar refractivity (Wildman–Crippen MR) is 75.1 cm³/mol. The average Bonchev–Trinajstić information content (AvgIpc) is 2.39. The quantitative estimate of drug-likeness (QED) is 0.749. The number of hydrogen-bond donors (Lipinski definition) is 2. The van der Waals surface area contributed by atoms with Crippen LogP contribution in [0.2, 0.25) is 0 Å². The van der Waals surface area contributed by atoms with Gasteiger partial charge in [0.25, 0.3) is 0 Å². The summed E-state index contributed by atoms with van der Waals surface area (Å²) in [6.45, 7) is 11.5. The van der Waals surface area contributed by atoms with Gasteiger partial charge >= 0.3 is 0 Å². The lowest BCUT2D eigenvalue weighted by Crippen LogP contribution is -2.63. The molecule has 2 unspecified atom stereocenters. The van der Waals surface area contributed by atoms with Crippen LogP contribution in [0, 0.1) is 5.41 Å². The number of carbonyl (C=O) groups excluding carboxylic acids is 1. The van der Waals surface area contributed by atoms with E-state index in [-0.39, 0.29) is 23.5 Å². The number of amides is 1. The highest BCUT2D eigenvalue weighted by Crippen LogP contribution is 2.42. The summed E-state index contributed by atoms with van der Waals surface area (Å²) < 4.78 is 5.68. The fourth-order valence-electron chi connectivity index (χ4n) is 2.93. The summed E-state index contributed by atoms with van der Waals surface area (Å²) in [6.07, 6.45) is 1.22. The maximum absolute atomic E-state index is 12.1. The second-order valence-electron chi connectivity index (χ2n) is 6.15. The van der Waals surface area contributed by atoms with Crippen LogP contribution < -0.4 is 10.6 Å². The Morgan fingerprint density at radius 1 is 1.42 bits per heavy atom. The Labute approximate surface area is 116 Å². The topological polar surface area (TPSA) is 53.6 Å². The van der Waals surface area contributed by atoms with Crippen LogP contribution in [-0.2, 0) is 9.53 Å². The first kappa shape index (κ1) is 14.8. The van der Waals surface area contributed by atoms with Crippen molar-refractivity contribution >= 4 is 5.91 Å². The predicted octanol–water partition coefficient (Wildman–Crippen LogP) is 0.211. The zero-order valence-corrected chi connectivity index (χ0v) is 12.4. The molecule has 0 bridgehead atoms. The number of rotatable bonds is 5. The molecule has 1 saturated carbocycles. The van der Waals surface area contributed by atoms with Crippen molar-refractivity contribution in [1.82, 2.24) is 15.5 Å². The summed E-state index contributed by atoms with van der Waals surface area (Å²) in [5.74, 6) is 0.148. The summed E-state index contributed by atoms with van der Waals surface area (Å²) in [5.41, 5.74) is 0.0507. The van der Waals surface area contributed by atoms with Gasteiger partial charge in [0.15, 0.2) is 0 Å². The summed E-state index contributed by atoms with van der Waals surface area (Å²) in [5, 5.41) is 6.46. The second-order valence-corrected chi connectivity index (χ2v) is 6.15. The number of hydrogen-bond acceptors (Lipinski definition) is 4. The number of nitrogens with one attached hydrogen (secondary N) is 2. The van der Waals surface area contributed by atoms with E-state index in [1.807, 2.05) is 6.92 Å². The Balaban J connectivity index is 1.74. The molecule has 1 saturated heterocycles. The van der Waals surface area contributed by atoms with Gasteiger partial charge in [0.1, 0.15) is 0 Å². The Morgan fingerprint density at radius 2 is 2.11 bits per heavy atom. The largest absolute Gasteiger partial charge is 0.378 e. The molecular weight excluding hydrogens is 242 g/mol. The molecule has 0 aromatic heterocycles. The van der Waals surface area contributed by atoms with E-state index in [4.69, 9.17) is 4.74 Å². The normalized spacial score (nSPS) is 30.7. The van der Waals surface area contributed by atoms with Crippen molar-refractivity contribution in [2.24, 2.45) is 5.41 Å². The van der Waals surface area contributed by atoms with Crippen LogP contribution in [0.25, 0.3) is 0 Å². The second kappa shape index (κ2) is 6.20. The van der Waals surface area contributed by atoms with Gasteiger partial charge in [-0.15, -0.1) is 0 Å². The van der Waals surface area contributed by atoms with E-state index < -0.39 is 0 Å². The van der Waals surface area contributed by atoms with Crippen LogP contribution in [-0.4, -0.2) is 62.3 Å². The molecule has 2 fully saturated rings. The molecule has 2 atom stereocenters. The minimum Gasteiger partial charge on any atom is -0.378 e. The lowest BCUT2D eigenvalue weighted by Gasteiger charge is -2.51. The first-order chi connectivity index (χ1) is 9.04. The van der Waals surface area contributed by atoms with Crippen molar-refractivity contribution < 1.29 is 9.53 Å². The highest BCUT2D eigenvalue weighted by molar-refractivity contribution is 5.78. The zero-order valence-electron chi connectivity index (χ0n) is 12.4. The van der Waals surface area contributed by atoms with Crippen molar-refractivity contribution in [3.63, 3.8) is 0 Å². The third-order valence-corrected chi connectivity index (χ3v) is 4.46. The molecule has 2 aliphatic rings. The summed E-state index contributed by atoms with van der Waals surface area (Å²) in [4.78, 5) is 14.3. The molecule has 1 aliphatic carbocycles. The lowest BCUT2D eigenvalue weighted by molar-refractivity contribution is -0.137. The third-order valence-electron chi connectivity index (χ3n) is 4.46. The number of nitrogens with zero attached hydrogens (tertiary/aromatic N) is 1. The molecule has 0 aromatic carbocycles. The molecular formula is C14H27N3O2. The van der Waals surface area contributed by atoms with E-state index in [0.717, 1.165) is 39.2 Å². The standard InChI is InChI=1S/C14H27N3O2/c1-4-19-12-9-11(14(12,2)3)16-13(18)10-17-7-5-15-6-8-17/h11-12,15H,4-10H2,1-3H3,(H,16,18). The number of piperazine rings is 1. The fraction of sp³-hybridized carbons (Fsp3) is 0.929. The molecule has 1 amide bonds. The zero-order chi connectivity index (χ0) is 13.9. The molecule has 1 aliphatic heterocycles. The third kappa shape index (κ3) is 3.46. The highest BCUT2D eigenvalue weighted by atomic mass is 16.5. The van der Waals surface area contributed by atoms with Crippen LogP contribution in [0.1, 0.15) is 27.2 Å². The van der Waals surface area contributed by atoms with Gasteiger partial charge in [-0.2, -0.15) is 0 Å². The van der Waals surface area contributed by atoms with Gasteiger partial charge < -0.3 is 15.4 Å². The van der Waals surface area contributed by atoms with Gasteiger partial charge in [-0.05, 0) is 13.3 Å². The van der Waals surface area contributed by atoms with Crippen molar-refractivity contribution in [3.05, 3.63) is 0 Å². The van der Waals surface area contributed by atoms with Crippen LogP contribution in [0.5, 0.6) is 0 Å². The molecule has 2 N–H and O–H groups in total. The maximum Gasteiger partial charge on any atom is 0.234 e. The minimum absolute atomic E-state index is 0.0507. The number of carbonyl (C=O) groups is 1. The molecule has 5 nitrogen and oxygen atoms in total. The van der Waals surface area contributed by atoms with E-state index in [9.17, 15) is 4.79 Å². The molecule has 5 heteroatoms. The Morgan fingerprint density at radius 3 is 2.68 bits per heavy atom. The SMILES string of the molecule is CCOC1CC(NC(=O)CN2CCNCC2)C1(C)C. The van der Waals surface area contributed by atoms with Crippen LogP contribution in [0.4, 0.5) is 0 Å². The first-order valence-electron chi connectivity index (χ1n) is 7.38.